The van der Waals surface area contributed by atoms with Crippen molar-refractivity contribution in [1.82, 2.24) is 19.7 Å². The Labute approximate surface area is 138 Å². The third-order valence-electron chi connectivity index (χ3n) is 4.24. The van der Waals surface area contributed by atoms with E-state index in [9.17, 15) is 14.4 Å². The highest BCUT2D eigenvalue weighted by Gasteiger charge is 2.23. The Morgan fingerprint density at radius 1 is 1.12 bits per heavy atom. The summed E-state index contributed by atoms with van der Waals surface area (Å²) in [5.41, 5.74) is 1.10. The molecule has 128 valence electrons. The molecule has 1 aliphatic heterocycles. The fourth-order valence-corrected chi connectivity index (χ4v) is 2.84. The molecule has 8 heteroatoms. The van der Waals surface area contributed by atoms with Crippen molar-refractivity contribution < 1.29 is 14.0 Å². The number of carbonyl (C=O) groups is 2. The third kappa shape index (κ3) is 3.33. The largest absolute Gasteiger partial charge is 0.420 e. The van der Waals surface area contributed by atoms with E-state index in [1.807, 2.05) is 4.90 Å². The van der Waals surface area contributed by atoms with E-state index in [1.165, 1.54) is 4.57 Å². The number of likely N-dealkylation sites (N-methyl/N-ethyl adjacent to an activating group) is 1. The zero-order valence-electron chi connectivity index (χ0n) is 13.5. The lowest BCUT2D eigenvalue weighted by Crippen LogP contribution is -2.51. The van der Waals surface area contributed by atoms with Crippen molar-refractivity contribution in [2.24, 2.45) is 0 Å². The van der Waals surface area contributed by atoms with Crippen LogP contribution in [-0.4, -0.2) is 66.0 Å². The predicted octanol–water partition coefficient (Wildman–Crippen LogP) is -0.515. The van der Waals surface area contributed by atoms with Crippen LogP contribution < -0.4 is 11.1 Å². The van der Waals surface area contributed by atoms with E-state index in [-0.39, 0.29) is 18.4 Å². The van der Waals surface area contributed by atoms with Crippen LogP contribution in [0, 0.1) is 0 Å². The van der Waals surface area contributed by atoms with Crippen LogP contribution in [0.25, 0.3) is 11.1 Å². The van der Waals surface area contributed by atoms with Crippen LogP contribution in [0.3, 0.4) is 0 Å². The maximum Gasteiger partial charge on any atom is 0.420 e. The smallest absolute Gasteiger partial charge is 0.408 e. The van der Waals surface area contributed by atoms with Gasteiger partial charge in [0.15, 0.2) is 5.58 Å². The Kier molecular flexibility index (Phi) is 4.66. The Morgan fingerprint density at radius 3 is 2.54 bits per heavy atom. The molecule has 3 rings (SSSR count). The molecule has 1 aromatic heterocycles. The number of aromatic nitrogens is 1. The molecule has 0 spiro atoms. The van der Waals surface area contributed by atoms with Gasteiger partial charge in [0, 0.05) is 33.2 Å². The van der Waals surface area contributed by atoms with Crippen LogP contribution in [0.5, 0.6) is 0 Å². The number of oxazole rings is 1. The SMILES string of the molecule is CNC(=O)CN1CCN(C(=O)Cn2c(=O)oc3ccccc32)CC1. The van der Waals surface area contributed by atoms with Crippen molar-refractivity contribution in [3.8, 4) is 0 Å². The molecule has 24 heavy (non-hydrogen) atoms. The van der Waals surface area contributed by atoms with E-state index in [0.29, 0.717) is 43.8 Å². The molecule has 1 saturated heterocycles. The Bertz CT molecular complexity index is 802. The number of hydrogen-bond donors (Lipinski definition) is 1. The minimum atomic E-state index is -0.525. The molecule has 0 unspecified atom stereocenters. The van der Waals surface area contributed by atoms with Gasteiger partial charge in [0.1, 0.15) is 6.54 Å². The van der Waals surface area contributed by atoms with Gasteiger partial charge >= 0.3 is 5.76 Å². The molecule has 2 amide bonds. The van der Waals surface area contributed by atoms with Crippen molar-refractivity contribution in [1.29, 1.82) is 0 Å². The highest BCUT2D eigenvalue weighted by atomic mass is 16.4. The monoisotopic (exact) mass is 332 g/mol. The summed E-state index contributed by atoms with van der Waals surface area (Å²) in [6.07, 6.45) is 0. The van der Waals surface area contributed by atoms with Gasteiger partial charge in [-0.3, -0.25) is 19.1 Å². The number of amides is 2. The summed E-state index contributed by atoms with van der Waals surface area (Å²) in [5, 5.41) is 2.59. The van der Waals surface area contributed by atoms with Gasteiger partial charge in [0.05, 0.1) is 12.1 Å². The summed E-state index contributed by atoms with van der Waals surface area (Å²) < 4.78 is 6.50. The summed E-state index contributed by atoms with van der Waals surface area (Å²) in [5.74, 6) is -0.683. The van der Waals surface area contributed by atoms with E-state index in [0.717, 1.165) is 0 Å². The Hall–Kier alpha value is -2.61. The lowest BCUT2D eigenvalue weighted by Gasteiger charge is -2.34. The van der Waals surface area contributed by atoms with Gasteiger partial charge in [-0.2, -0.15) is 0 Å². The van der Waals surface area contributed by atoms with Crippen molar-refractivity contribution in [3.05, 3.63) is 34.8 Å². The van der Waals surface area contributed by atoms with Crippen molar-refractivity contribution >= 4 is 22.9 Å². The molecule has 8 nitrogen and oxygen atoms in total. The Balaban J connectivity index is 1.63. The Morgan fingerprint density at radius 2 is 1.83 bits per heavy atom. The van der Waals surface area contributed by atoms with Crippen molar-refractivity contribution in [2.45, 2.75) is 6.54 Å². The molecule has 1 aliphatic rings. The second kappa shape index (κ2) is 6.88. The van der Waals surface area contributed by atoms with Gasteiger partial charge in [-0.05, 0) is 12.1 Å². The standard InChI is InChI=1S/C16H20N4O4/c1-17-14(21)10-18-6-8-19(9-7-18)15(22)11-20-12-4-2-3-5-13(12)24-16(20)23/h2-5H,6-11H2,1H3,(H,17,21). The maximum atomic E-state index is 12.5. The first-order valence-corrected chi connectivity index (χ1v) is 7.87. The first-order chi connectivity index (χ1) is 11.6. The summed E-state index contributed by atoms with van der Waals surface area (Å²) >= 11 is 0. The molecule has 1 fully saturated rings. The number of hydrogen-bond acceptors (Lipinski definition) is 5. The molecule has 0 bridgehead atoms. The van der Waals surface area contributed by atoms with E-state index >= 15 is 0 Å². The average Bonchev–Trinajstić information content (AvgIpc) is 2.91. The van der Waals surface area contributed by atoms with E-state index < -0.39 is 5.76 Å². The highest BCUT2D eigenvalue weighted by molar-refractivity contribution is 5.80. The average molecular weight is 332 g/mol. The first-order valence-electron chi connectivity index (χ1n) is 7.87. The maximum absolute atomic E-state index is 12.5. The summed E-state index contributed by atoms with van der Waals surface area (Å²) in [7, 11) is 1.61. The number of fused-ring (bicyclic) bond motifs is 1. The molecule has 1 N–H and O–H groups in total. The zero-order chi connectivity index (χ0) is 17.1. The quantitative estimate of drug-likeness (QED) is 0.814. The minimum absolute atomic E-state index is 0.0359. The molecule has 0 aliphatic carbocycles. The van der Waals surface area contributed by atoms with E-state index in [4.69, 9.17) is 4.42 Å². The van der Waals surface area contributed by atoms with Crippen LogP contribution in [-0.2, 0) is 16.1 Å². The minimum Gasteiger partial charge on any atom is -0.408 e. The van der Waals surface area contributed by atoms with Crippen LogP contribution in [0.4, 0.5) is 0 Å². The number of piperazine rings is 1. The number of nitrogens with one attached hydrogen (secondary N) is 1. The fourth-order valence-electron chi connectivity index (χ4n) is 2.84. The molecule has 1 aromatic carbocycles. The lowest BCUT2D eigenvalue weighted by molar-refractivity contribution is -0.133. The molecule has 0 radical (unpaired) electrons. The highest BCUT2D eigenvalue weighted by Crippen LogP contribution is 2.12. The predicted molar refractivity (Wildman–Crippen MR) is 87.6 cm³/mol. The van der Waals surface area contributed by atoms with Crippen LogP contribution in [0.15, 0.2) is 33.5 Å². The van der Waals surface area contributed by atoms with Gasteiger partial charge in [-0.25, -0.2) is 4.79 Å². The van der Waals surface area contributed by atoms with Crippen molar-refractivity contribution in [2.75, 3.05) is 39.8 Å². The number of carbonyl (C=O) groups excluding carboxylic acids is 2. The lowest BCUT2D eigenvalue weighted by atomic mass is 10.3. The van der Waals surface area contributed by atoms with Gasteiger partial charge in [-0.1, -0.05) is 12.1 Å². The molecule has 2 heterocycles. The number of para-hydroxylation sites is 2. The second-order valence-corrected chi connectivity index (χ2v) is 5.75. The molecule has 0 atom stereocenters. The van der Waals surface area contributed by atoms with Crippen molar-refractivity contribution in [3.63, 3.8) is 0 Å². The topological polar surface area (TPSA) is 87.8 Å². The zero-order valence-corrected chi connectivity index (χ0v) is 13.5. The molecular weight excluding hydrogens is 312 g/mol. The molecule has 2 aromatic rings. The second-order valence-electron chi connectivity index (χ2n) is 5.75. The van der Waals surface area contributed by atoms with Crippen LogP contribution in [0.2, 0.25) is 0 Å². The van der Waals surface area contributed by atoms with Crippen LogP contribution in [0.1, 0.15) is 0 Å². The van der Waals surface area contributed by atoms with Gasteiger partial charge in [-0.15, -0.1) is 0 Å². The third-order valence-corrected chi connectivity index (χ3v) is 4.24. The first kappa shape index (κ1) is 16.3. The van der Waals surface area contributed by atoms with E-state index in [1.54, 1.807) is 36.2 Å². The summed E-state index contributed by atoms with van der Waals surface area (Å²) in [6.45, 7) is 2.66. The van der Waals surface area contributed by atoms with Gasteiger partial charge < -0.3 is 14.6 Å². The number of nitrogens with zero attached hydrogens (tertiary/aromatic N) is 3. The van der Waals surface area contributed by atoms with Gasteiger partial charge in [0.2, 0.25) is 11.8 Å². The van der Waals surface area contributed by atoms with Crippen LogP contribution >= 0.6 is 0 Å². The normalized spacial score (nSPS) is 15.6. The van der Waals surface area contributed by atoms with E-state index in [2.05, 4.69) is 5.32 Å². The van der Waals surface area contributed by atoms with Gasteiger partial charge in [0.25, 0.3) is 0 Å². The number of benzene rings is 1. The molecule has 0 saturated carbocycles. The summed E-state index contributed by atoms with van der Waals surface area (Å²) in [6, 6.07) is 7.04. The number of rotatable bonds is 4. The molecular formula is C16H20N4O4. The fraction of sp³-hybridized carbons (Fsp3) is 0.438. The summed E-state index contributed by atoms with van der Waals surface area (Å²) in [4.78, 5) is 39.5.